The highest BCUT2D eigenvalue weighted by Gasteiger charge is 2.34. The molecule has 1 aromatic carbocycles. The quantitative estimate of drug-likeness (QED) is 0.795. The zero-order valence-electron chi connectivity index (χ0n) is 9.67. The second-order valence-electron chi connectivity index (χ2n) is 3.96. The van der Waals surface area contributed by atoms with Gasteiger partial charge in [0.05, 0.1) is 11.8 Å². The summed E-state index contributed by atoms with van der Waals surface area (Å²) in [4.78, 5) is 22.4. The molecule has 0 aliphatic rings. The molecule has 0 radical (unpaired) electrons. The van der Waals surface area contributed by atoms with Gasteiger partial charge in [-0.15, -0.1) is 0 Å². The second kappa shape index (κ2) is 6.03. The molecular weight excluding hydrogens is 220 g/mol. The van der Waals surface area contributed by atoms with Crippen LogP contribution in [-0.2, 0) is 9.59 Å². The number of aliphatic carboxylic acids is 2. The molecular formula is C13H16O4. The predicted molar refractivity (Wildman–Crippen MR) is 62.9 cm³/mol. The lowest BCUT2D eigenvalue weighted by molar-refractivity contribution is -0.150. The maximum Gasteiger partial charge on any atom is 0.311 e. The topological polar surface area (TPSA) is 74.6 Å². The van der Waals surface area contributed by atoms with Gasteiger partial charge in [0.25, 0.3) is 0 Å². The molecule has 0 aliphatic heterocycles. The average molecular weight is 236 g/mol. The minimum absolute atomic E-state index is 0.362. The van der Waals surface area contributed by atoms with E-state index < -0.39 is 23.8 Å². The van der Waals surface area contributed by atoms with Crippen LogP contribution in [0, 0.1) is 5.92 Å². The van der Waals surface area contributed by atoms with Gasteiger partial charge in [-0.1, -0.05) is 43.7 Å². The van der Waals surface area contributed by atoms with Crippen molar-refractivity contribution >= 4 is 11.9 Å². The number of carboxylic acid groups (broad SMARTS) is 2. The number of rotatable bonds is 6. The van der Waals surface area contributed by atoms with Gasteiger partial charge in [-0.3, -0.25) is 9.59 Å². The van der Waals surface area contributed by atoms with E-state index in [1.807, 2.05) is 6.92 Å². The first-order chi connectivity index (χ1) is 8.07. The molecule has 0 heterocycles. The Kier molecular flexibility index (Phi) is 4.69. The lowest BCUT2D eigenvalue weighted by atomic mass is 9.83. The SMILES string of the molecule is CCC[C@H](C(=O)O)[C@@H](C(=O)O)c1ccccc1. The molecule has 0 fully saturated rings. The number of benzene rings is 1. The summed E-state index contributed by atoms with van der Waals surface area (Å²) in [7, 11) is 0. The van der Waals surface area contributed by atoms with Crippen LogP contribution in [0.4, 0.5) is 0 Å². The van der Waals surface area contributed by atoms with Gasteiger partial charge in [-0.25, -0.2) is 0 Å². The second-order valence-corrected chi connectivity index (χ2v) is 3.96. The summed E-state index contributed by atoms with van der Waals surface area (Å²) < 4.78 is 0. The highest BCUT2D eigenvalue weighted by Crippen LogP contribution is 2.28. The van der Waals surface area contributed by atoms with E-state index in [1.165, 1.54) is 0 Å². The Morgan fingerprint density at radius 3 is 2.12 bits per heavy atom. The summed E-state index contributed by atoms with van der Waals surface area (Å²) in [6.45, 7) is 1.85. The first kappa shape index (κ1) is 13.2. The molecule has 0 amide bonds. The third-order valence-electron chi connectivity index (χ3n) is 2.74. The highest BCUT2D eigenvalue weighted by atomic mass is 16.4. The van der Waals surface area contributed by atoms with E-state index in [4.69, 9.17) is 5.11 Å². The van der Waals surface area contributed by atoms with E-state index >= 15 is 0 Å². The van der Waals surface area contributed by atoms with Gasteiger partial charge in [0.2, 0.25) is 0 Å². The lowest BCUT2D eigenvalue weighted by Crippen LogP contribution is -2.28. The van der Waals surface area contributed by atoms with Crippen LogP contribution in [0.1, 0.15) is 31.2 Å². The zero-order valence-corrected chi connectivity index (χ0v) is 9.67. The summed E-state index contributed by atoms with van der Waals surface area (Å²) >= 11 is 0. The molecule has 0 bridgehead atoms. The summed E-state index contributed by atoms with van der Waals surface area (Å²) in [5, 5.41) is 18.3. The fourth-order valence-corrected chi connectivity index (χ4v) is 1.95. The Labute approximate surface area is 99.9 Å². The van der Waals surface area contributed by atoms with Gasteiger partial charge in [-0.2, -0.15) is 0 Å². The molecule has 17 heavy (non-hydrogen) atoms. The van der Waals surface area contributed by atoms with Gasteiger partial charge in [0, 0.05) is 0 Å². The van der Waals surface area contributed by atoms with Crippen LogP contribution in [0.3, 0.4) is 0 Å². The van der Waals surface area contributed by atoms with Crippen LogP contribution < -0.4 is 0 Å². The number of carbonyl (C=O) groups is 2. The summed E-state index contributed by atoms with van der Waals surface area (Å²) in [6.07, 6.45) is 1.01. The first-order valence-corrected chi connectivity index (χ1v) is 5.58. The fraction of sp³-hybridized carbons (Fsp3) is 0.385. The molecule has 0 spiro atoms. The lowest BCUT2D eigenvalue weighted by Gasteiger charge is -2.20. The molecule has 1 rings (SSSR count). The standard InChI is InChI=1S/C13H16O4/c1-2-6-10(12(14)15)11(13(16)17)9-7-4-3-5-8-9/h3-5,7-8,10-11H,2,6H2,1H3,(H,14,15)(H,16,17)/t10-,11-/m0/s1. The molecule has 1 aromatic rings. The Bertz CT molecular complexity index is 386. The number of hydrogen-bond acceptors (Lipinski definition) is 2. The van der Waals surface area contributed by atoms with Crippen LogP contribution in [-0.4, -0.2) is 22.2 Å². The van der Waals surface area contributed by atoms with Gasteiger partial charge in [0.1, 0.15) is 0 Å². The van der Waals surface area contributed by atoms with Crippen LogP contribution in [0.2, 0.25) is 0 Å². The maximum atomic E-state index is 11.3. The van der Waals surface area contributed by atoms with Gasteiger partial charge in [-0.05, 0) is 12.0 Å². The molecule has 92 valence electrons. The number of hydrogen-bond donors (Lipinski definition) is 2. The van der Waals surface area contributed by atoms with Gasteiger partial charge < -0.3 is 10.2 Å². The van der Waals surface area contributed by atoms with Crippen molar-refractivity contribution < 1.29 is 19.8 Å². The van der Waals surface area contributed by atoms with Crippen LogP contribution >= 0.6 is 0 Å². The van der Waals surface area contributed by atoms with E-state index in [2.05, 4.69) is 0 Å². The van der Waals surface area contributed by atoms with E-state index in [0.29, 0.717) is 18.4 Å². The van der Waals surface area contributed by atoms with Crippen molar-refractivity contribution in [3.63, 3.8) is 0 Å². The molecule has 0 saturated heterocycles. The van der Waals surface area contributed by atoms with Crippen molar-refractivity contribution in [1.29, 1.82) is 0 Å². The summed E-state index contributed by atoms with van der Waals surface area (Å²) in [6, 6.07) is 8.53. The molecule has 0 aromatic heterocycles. The van der Waals surface area contributed by atoms with Crippen molar-refractivity contribution in [3.8, 4) is 0 Å². The average Bonchev–Trinajstić information content (AvgIpc) is 2.29. The Morgan fingerprint density at radius 1 is 1.12 bits per heavy atom. The third-order valence-corrected chi connectivity index (χ3v) is 2.74. The van der Waals surface area contributed by atoms with Crippen molar-refractivity contribution in [2.45, 2.75) is 25.7 Å². The monoisotopic (exact) mass is 236 g/mol. The van der Waals surface area contributed by atoms with E-state index in [1.54, 1.807) is 30.3 Å². The fourth-order valence-electron chi connectivity index (χ4n) is 1.95. The molecule has 4 heteroatoms. The molecule has 0 aliphatic carbocycles. The summed E-state index contributed by atoms with van der Waals surface area (Å²) in [5.74, 6) is -3.99. The van der Waals surface area contributed by atoms with Crippen molar-refractivity contribution in [2.75, 3.05) is 0 Å². The van der Waals surface area contributed by atoms with Crippen molar-refractivity contribution in [1.82, 2.24) is 0 Å². The minimum Gasteiger partial charge on any atom is -0.481 e. The van der Waals surface area contributed by atoms with Crippen molar-refractivity contribution in [3.05, 3.63) is 35.9 Å². The summed E-state index contributed by atoms with van der Waals surface area (Å²) in [5.41, 5.74) is 0.542. The molecule has 2 N–H and O–H groups in total. The van der Waals surface area contributed by atoms with Crippen molar-refractivity contribution in [2.24, 2.45) is 5.92 Å². The third kappa shape index (κ3) is 3.31. The van der Waals surface area contributed by atoms with E-state index in [-0.39, 0.29) is 0 Å². The van der Waals surface area contributed by atoms with Crippen LogP contribution in [0.5, 0.6) is 0 Å². The Morgan fingerprint density at radius 2 is 1.71 bits per heavy atom. The maximum absolute atomic E-state index is 11.3. The first-order valence-electron chi connectivity index (χ1n) is 5.58. The normalized spacial score (nSPS) is 13.9. The minimum atomic E-state index is -1.09. The van der Waals surface area contributed by atoms with Crippen LogP contribution in [0.25, 0.3) is 0 Å². The molecule has 2 atom stereocenters. The Balaban J connectivity index is 3.07. The molecule has 4 nitrogen and oxygen atoms in total. The largest absolute Gasteiger partial charge is 0.481 e. The highest BCUT2D eigenvalue weighted by molar-refractivity contribution is 5.84. The van der Waals surface area contributed by atoms with Gasteiger partial charge >= 0.3 is 11.9 Å². The van der Waals surface area contributed by atoms with Crippen LogP contribution in [0.15, 0.2) is 30.3 Å². The smallest absolute Gasteiger partial charge is 0.311 e. The zero-order chi connectivity index (χ0) is 12.8. The Hall–Kier alpha value is -1.84. The van der Waals surface area contributed by atoms with E-state index in [0.717, 1.165) is 0 Å². The van der Waals surface area contributed by atoms with E-state index in [9.17, 15) is 14.7 Å². The molecule has 0 saturated carbocycles. The number of carboxylic acids is 2. The van der Waals surface area contributed by atoms with Gasteiger partial charge in [0.15, 0.2) is 0 Å². The molecule has 0 unspecified atom stereocenters. The predicted octanol–water partition coefficient (Wildman–Crippen LogP) is 2.36.